The molecule has 124 valence electrons. The van der Waals surface area contributed by atoms with E-state index >= 15 is 0 Å². The van der Waals surface area contributed by atoms with E-state index < -0.39 is 0 Å². The van der Waals surface area contributed by atoms with Gasteiger partial charge in [-0.1, -0.05) is 18.2 Å². The first-order valence-corrected chi connectivity index (χ1v) is 7.25. The van der Waals surface area contributed by atoms with E-state index in [9.17, 15) is 4.79 Å². The largest absolute Gasteiger partial charge is 0.487 e. The topological polar surface area (TPSA) is 73.6 Å². The molecule has 1 amide bonds. The summed E-state index contributed by atoms with van der Waals surface area (Å²) in [6.45, 7) is 4.39. The zero-order valence-corrected chi connectivity index (χ0v) is 14.1. The zero-order chi connectivity index (χ0) is 15.5. The third kappa shape index (κ3) is 4.60. The van der Waals surface area contributed by atoms with E-state index in [0.29, 0.717) is 6.54 Å². The molecule has 0 radical (unpaired) electrons. The fraction of sp³-hybridized carbons (Fsp3) is 0.562. The molecule has 0 aliphatic carbocycles. The molecule has 2 atom stereocenters. The van der Waals surface area contributed by atoms with Gasteiger partial charge in [0.15, 0.2) is 0 Å². The lowest BCUT2D eigenvalue weighted by molar-refractivity contribution is -0.124. The van der Waals surface area contributed by atoms with Crippen LogP contribution in [0.25, 0.3) is 0 Å². The van der Waals surface area contributed by atoms with Gasteiger partial charge in [-0.05, 0) is 19.9 Å². The van der Waals surface area contributed by atoms with Crippen LogP contribution in [-0.2, 0) is 9.53 Å². The van der Waals surface area contributed by atoms with Crippen molar-refractivity contribution in [1.82, 2.24) is 5.32 Å². The molecule has 22 heavy (non-hydrogen) atoms. The van der Waals surface area contributed by atoms with Gasteiger partial charge in [0.25, 0.3) is 0 Å². The minimum Gasteiger partial charge on any atom is -0.487 e. The third-order valence-electron chi connectivity index (χ3n) is 3.72. The quantitative estimate of drug-likeness (QED) is 0.869. The SMILES string of the molecule is COC(CN)CC(=O)NC1CC(C)(C)Oc2ccccc21.Cl. The van der Waals surface area contributed by atoms with Gasteiger partial charge in [0.05, 0.1) is 18.6 Å². The highest BCUT2D eigenvalue weighted by Gasteiger charge is 2.34. The Bertz CT molecular complexity index is 504. The summed E-state index contributed by atoms with van der Waals surface area (Å²) >= 11 is 0. The number of benzene rings is 1. The minimum atomic E-state index is -0.305. The number of nitrogens with one attached hydrogen (secondary N) is 1. The molecule has 0 fully saturated rings. The van der Waals surface area contributed by atoms with Gasteiger partial charge in [-0.15, -0.1) is 12.4 Å². The summed E-state index contributed by atoms with van der Waals surface area (Å²) in [4.78, 5) is 12.2. The maximum Gasteiger partial charge on any atom is 0.223 e. The number of carbonyl (C=O) groups excluding carboxylic acids is 1. The van der Waals surface area contributed by atoms with Crippen LogP contribution in [0.2, 0.25) is 0 Å². The number of halogens is 1. The van der Waals surface area contributed by atoms with E-state index in [1.54, 1.807) is 7.11 Å². The lowest BCUT2D eigenvalue weighted by atomic mass is 9.89. The molecule has 1 aliphatic heterocycles. The lowest BCUT2D eigenvalue weighted by Gasteiger charge is -2.38. The van der Waals surface area contributed by atoms with Crippen LogP contribution in [0.15, 0.2) is 24.3 Å². The normalized spacial score (nSPS) is 20.1. The van der Waals surface area contributed by atoms with E-state index in [-0.39, 0.29) is 42.5 Å². The second-order valence-corrected chi connectivity index (χ2v) is 6.02. The Morgan fingerprint density at radius 2 is 2.18 bits per heavy atom. The number of rotatable bonds is 5. The van der Waals surface area contributed by atoms with Crippen molar-refractivity contribution in [3.05, 3.63) is 29.8 Å². The van der Waals surface area contributed by atoms with Crippen LogP contribution in [0.1, 0.15) is 38.3 Å². The number of methoxy groups -OCH3 is 1. The fourth-order valence-corrected chi connectivity index (χ4v) is 2.65. The summed E-state index contributed by atoms with van der Waals surface area (Å²) in [5.74, 6) is 0.783. The summed E-state index contributed by atoms with van der Waals surface area (Å²) in [6.07, 6.45) is 0.760. The van der Waals surface area contributed by atoms with Gasteiger partial charge < -0.3 is 20.5 Å². The van der Waals surface area contributed by atoms with E-state index in [1.165, 1.54) is 0 Å². The van der Waals surface area contributed by atoms with Crippen molar-refractivity contribution in [3.63, 3.8) is 0 Å². The first-order valence-electron chi connectivity index (χ1n) is 7.25. The number of amides is 1. The van der Waals surface area contributed by atoms with Gasteiger partial charge in [-0.25, -0.2) is 0 Å². The van der Waals surface area contributed by atoms with Crippen LogP contribution in [0.5, 0.6) is 5.75 Å². The molecule has 5 nitrogen and oxygen atoms in total. The second-order valence-electron chi connectivity index (χ2n) is 6.02. The Morgan fingerprint density at radius 3 is 2.82 bits per heavy atom. The Morgan fingerprint density at radius 1 is 1.50 bits per heavy atom. The number of para-hydroxylation sites is 1. The Kier molecular flexibility index (Phi) is 6.66. The summed E-state index contributed by atoms with van der Waals surface area (Å²) in [5, 5.41) is 3.08. The molecule has 0 saturated heterocycles. The van der Waals surface area contributed by atoms with E-state index in [0.717, 1.165) is 17.7 Å². The number of hydrogen-bond donors (Lipinski definition) is 2. The number of fused-ring (bicyclic) bond motifs is 1. The van der Waals surface area contributed by atoms with Crippen LogP contribution in [0.4, 0.5) is 0 Å². The van der Waals surface area contributed by atoms with Crippen molar-refractivity contribution >= 4 is 18.3 Å². The molecule has 0 aromatic heterocycles. The molecular formula is C16H25ClN2O3. The number of ether oxygens (including phenoxy) is 2. The monoisotopic (exact) mass is 328 g/mol. The van der Waals surface area contributed by atoms with Crippen LogP contribution in [0.3, 0.4) is 0 Å². The second kappa shape index (κ2) is 7.81. The number of hydrogen-bond acceptors (Lipinski definition) is 4. The molecule has 2 unspecified atom stereocenters. The Hall–Kier alpha value is -1.30. The highest BCUT2D eigenvalue weighted by molar-refractivity contribution is 5.85. The highest BCUT2D eigenvalue weighted by atomic mass is 35.5. The zero-order valence-electron chi connectivity index (χ0n) is 13.3. The van der Waals surface area contributed by atoms with Gasteiger partial charge in [0.1, 0.15) is 11.4 Å². The molecule has 2 rings (SSSR count). The van der Waals surface area contributed by atoms with Gasteiger partial charge in [0.2, 0.25) is 5.91 Å². The summed E-state index contributed by atoms with van der Waals surface area (Å²) in [5.41, 5.74) is 6.27. The van der Waals surface area contributed by atoms with Crippen molar-refractivity contribution < 1.29 is 14.3 Å². The average Bonchev–Trinajstić information content (AvgIpc) is 2.43. The highest BCUT2D eigenvalue weighted by Crippen LogP contribution is 2.39. The molecule has 1 heterocycles. The predicted octanol–water partition coefficient (Wildman–Crippen LogP) is 2.19. The molecule has 1 aromatic carbocycles. The molecule has 3 N–H and O–H groups in total. The molecule has 1 aliphatic rings. The molecule has 0 bridgehead atoms. The first kappa shape index (κ1) is 18.7. The van der Waals surface area contributed by atoms with Gasteiger partial charge >= 0.3 is 0 Å². The summed E-state index contributed by atoms with van der Waals surface area (Å²) < 4.78 is 11.1. The standard InChI is InChI=1S/C16H24N2O3.ClH/c1-16(2)9-13(12-6-4-5-7-14(12)21-16)18-15(19)8-11(10-17)20-3;/h4-7,11,13H,8-10,17H2,1-3H3,(H,18,19);1H. The van der Waals surface area contributed by atoms with Crippen LogP contribution < -0.4 is 15.8 Å². The summed E-state index contributed by atoms with van der Waals surface area (Å²) in [7, 11) is 1.57. The maximum absolute atomic E-state index is 12.2. The maximum atomic E-state index is 12.2. The third-order valence-corrected chi connectivity index (χ3v) is 3.72. The van der Waals surface area contributed by atoms with E-state index in [1.807, 2.05) is 38.1 Å². The molecular weight excluding hydrogens is 304 g/mol. The van der Waals surface area contributed by atoms with Crippen LogP contribution in [-0.4, -0.2) is 31.3 Å². The lowest BCUT2D eigenvalue weighted by Crippen LogP contribution is -2.42. The van der Waals surface area contributed by atoms with Crippen molar-refractivity contribution in [2.24, 2.45) is 5.73 Å². The molecule has 6 heteroatoms. The van der Waals surface area contributed by atoms with Gasteiger partial charge in [-0.2, -0.15) is 0 Å². The van der Waals surface area contributed by atoms with E-state index in [4.69, 9.17) is 15.2 Å². The van der Waals surface area contributed by atoms with Crippen LogP contribution in [0, 0.1) is 0 Å². The smallest absolute Gasteiger partial charge is 0.223 e. The molecule has 1 aromatic rings. The Balaban J connectivity index is 0.00000242. The Labute approximate surface area is 138 Å². The predicted molar refractivity (Wildman–Crippen MR) is 88.4 cm³/mol. The van der Waals surface area contributed by atoms with Crippen molar-refractivity contribution in [1.29, 1.82) is 0 Å². The fourth-order valence-electron chi connectivity index (χ4n) is 2.65. The van der Waals surface area contributed by atoms with E-state index in [2.05, 4.69) is 5.32 Å². The van der Waals surface area contributed by atoms with Crippen LogP contribution >= 0.6 is 12.4 Å². The van der Waals surface area contributed by atoms with Crippen molar-refractivity contribution in [2.45, 2.75) is 44.4 Å². The van der Waals surface area contributed by atoms with Crippen molar-refractivity contribution in [2.75, 3.05) is 13.7 Å². The minimum absolute atomic E-state index is 0. The van der Waals surface area contributed by atoms with Gasteiger partial charge in [0, 0.05) is 25.6 Å². The molecule has 0 spiro atoms. The molecule has 0 saturated carbocycles. The average molecular weight is 329 g/mol. The number of nitrogens with two attached hydrogens (primary N) is 1. The summed E-state index contributed by atoms with van der Waals surface area (Å²) in [6, 6.07) is 7.78. The first-order chi connectivity index (χ1) is 9.95. The van der Waals surface area contributed by atoms with Crippen molar-refractivity contribution in [3.8, 4) is 5.75 Å². The van der Waals surface area contributed by atoms with Gasteiger partial charge in [-0.3, -0.25) is 4.79 Å². The number of carbonyl (C=O) groups is 1.